The number of hydrogen-bond acceptors (Lipinski definition) is 1. The summed E-state index contributed by atoms with van der Waals surface area (Å²) in [4.78, 5) is 0. The van der Waals surface area contributed by atoms with Crippen LogP contribution in [0, 0.1) is 5.82 Å². The lowest BCUT2D eigenvalue weighted by Crippen LogP contribution is -2.21. The summed E-state index contributed by atoms with van der Waals surface area (Å²) in [5, 5.41) is 0. The highest BCUT2D eigenvalue weighted by Gasteiger charge is 2.03. The summed E-state index contributed by atoms with van der Waals surface area (Å²) < 4.78 is 18.3. The second-order valence-corrected chi connectivity index (χ2v) is 4.28. The quantitative estimate of drug-likeness (QED) is 0.734. The molecule has 2 aromatic rings. The van der Waals surface area contributed by atoms with Gasteiger partial charge in [-0.25, -0.2) is 4.39 Å². The van der Waals surface area contributed by atoms with Gasteiger partial charge in [-0.3, -0.25) is 0 Å². The van der Waals surface area contributed by atoms with Gasteiger partial charge in [0.1, 0.15) is 17.3 Å². The molecule has 0 N–H and O–H groups in total. The van der Waals surface area contributed by atoms with E-state index in [4.69, 9.17) is 4.74 Å². The van der Waals surface area contributed by atoms with Crippen molar-refractivity contribution in [2.24, 2.45) is 0 Å². The van der Waals surface area contributed by atoms with Crippen LogP contribution in [0.4, 0.5) is 4.39 Å². The standard InChI is InChI=1S/C14H14BFO.CH4/c1-15(2)11-3-7-13(8-4-11)17-14-9-5-12(16)6-10-14;/h3-10H,1-2H3;1H4. The van der Waals surface area contributed by atoms with Crippen LogP contribution in [0.5, 0.6) is 11.5 Å². The van der Waals surface area contributed by atoms with Crippen molar-refractivity contribution in [3.05, 3.63) is 54.3 Å². The van der Waals surface area contributed by atoms with E-state index in [2.05, 4.69) is 13.6 Å². The Morgan fingerprint density at radius 3 is 1.72 bits per heavy atom. The molecule has 0 radical (unpaired) electrons. The Labute approximate surface area is 109 Å². The van der Waals surface area contributed by atoms with Crippen molar-refractivity contribution in [2.75, 3.05) is 0 Å². The van der Waals surface area contributed by atoms with Crippen molar-refractivity contribution >= 4 is 12.2 Å². The van der Waals surface area contributed by atoms with E-state index in [1.54, 1.807) is 12.1 Å². The SMILES string of the molecule is C.CB(C)c1ccc(Oc2ccc(F)cc2)cc1. The van der Waals surface area contributed by atoms with Crippen LogP contribution in [0.25, 0.3) is 0 Å². The minimum Gasteiger partial charge on any atom is -0.457 e. The molecule has 2 aromatic carbocycles. The summed E-state index contributed by atoms with van der Waals surface area (Å²) in [7, 11) is 0. The van der Waals surface area contributed by atoms with Crippen molar-refractivity contribution in [2.45, 2.75) is 21.1 Å². The summed E-state index contributed by atoms with van der Waals surface area (Å²) >= 11 is 0. The maximum absolute atomic E-state index is 12.7. The molecular weight excluding hydrogens is 226 g/mol. The fraction of sp³-hybridized carbons (Fsp3) is 0.200. The molecule has 0 bridgehead atoms. The van der Waals surface area contributed by atoms with E-state index < -0.39 is 0 Å². The first-order valence-electron chi connectivity index (χ1n) is 5.68. The Morgan fingerprint density at radius 1 is 0.833 bits per heavy atom. The smallest absolute Gasteiger partial charge is 0.169 e. The zero-order valence-electron chi connectivity index (χ0n) is 9.98. The molecule has 3 heteroatoms. The zero-order valence-corrected chi connectivity index (χ0v) is 9.98. The Kier molecular flexibility index (Phi) is 4.96. The van der Waals surface area contributed by atoms with Crippen molar-refractivity contribution in [3.63, 3.8) is 0 Å². The highest BCUT2D eigenvalue weighted by Crippen LogP contribution is 2.20. The van der Waals surface area contributed by atoms with Gasteiger partial charge in [-0.05, 0) is 36.4 Å². The topological polar surface area (TPSA) is 9.23 Å². The molecule has 0 heterocycles. The lowest BCUT2D eigenvalue weighted by molar-refractivity contribution is 0.480. The normalized spacial score (nSPS) is 9.50. The first-order valence-corrected chi connectivity index (χ1v) is 5.68. The molecule has 1 nitrogen and oxygen atoms in total. The van der Waals surface area contributed by atoms with Crippen LogP contribution in [0.15, 0.2) is 48.5 Å². The molecular formula is C15H18BFO. The minimum atomic E-state index is -0.257. The van der Waals surface area contributed by atoms with E-state index in [9.17, 15) is 4.39 Å². The van der Waals surface area contributed by atoms with Gasteiger partial charge < -0.3 is 4.74 Å². The largest absolute Gasteiger partial charge is 0.457 e. The fourth-order valence-corrected chi connectivity index (χ4v) is 1.56. The highest BCUT2D eigenvalue weighted by molar-refractivity contribution is 6.70. The molecule has 0 aromatic heterocycles. The summed E-state index contributed by atoms with van der Waals surface area (Å²) in [6, 6.07) is 14.0. The average Bonchev–Trinajstić information content (AvgIpc) is 2.33. The van der Waals surface area contributed by atoms with Crippen molar-refractivity contribution < 1.29 is 9.13 Å². The maximum atomic E-state index is 12.7. The Morgan fingerprint density at radius 2 is 1.28 bits per heavy atom. The zero-order chi connectivity index (χ0) is 12.3. The van der Waals surface area contributed by atoms with E-state index in [1.165, 1.54) is 17.6 Å². The molecule has 0 aliphatic heterocycles. The molecule has 0 fully saturated rings. The first-order chi connectivity index (χ1) is 8.15. The van der Waals surface area contributed by atoms with E-state index >= 15 is 0 Å². The van der Waals surface area contributed by atoms with Gasteiger partial charge in [0.2, 0.25) is 0 Å². The fourth-order valence-electron chi connectivity index (χ4n) is 1.56. The van der Waals surface area contributed by atoms with Crippen LogP contribution >= 0.6 is 0 Å². The Hall–Kier alpha value is -1.77. The molecule has 2 rings (SSSR count). The van der Waals surface area contributed by atoms with Crippen LogP contribution in [0.2, 0.25) is 13.6 Å². The molecule has 0 aliphatic carbocycles. The maximum Gasteiger partial charge on any atom is 0.169 e. The molecule has 0 aliphatic rings. The molecule has 0 amide bonds. The minimum absolute atomic E-state index is 0. The summed E-state index contributed by atoms with van der Waals surface area (Å²) in [6.07, 6.45) is 0. The third-order valence-corrected chi connectivity index (χ3v) is 2.60. The lowest BCUT2D eigenvalue weighted by Gasteiger charge is -2.07. The van der Waals surface area contributed by atoms with Gasteiger partial charge in [-0.15, -0.1) is 0 Å². The first kappa shape index (κ1) is 14.3. The summed E-state index contributed by atoms with van der Waals surface area (Å²) in [6.45, 7) is 4.81. The predicted molar refractivity (Wildman–Crippen MR) is 76.8 cm³/mol. The summed E-state index contributed by atoms with van der Waals surface area (Å²) in [5.74, 6) is 1.15. The molecule has 0 saturated carbocycles. The third-order valence-electron chi connectivity index (χ3n) is 2.60. The van der Waals surface area contributed by atoms with E-state index in [0.29, 0.717) is 12.5 Å². The monoisotopic (exact) mass is 244 g/mol. The molecule has 0 atom stereocenters. The second kappa shape index (κ2) is 6.24. The van der Waals surface area contributed by atoms with Crippen molar-refractivity contribution in [3.8, 4) is 11.5 Å². The predicted octanol–water partition coefficient (Wildman–Crippen LogP) is 4.22. The number of rotatable bonds is 3. The highest BCUT2D eigenvalue weighted by atomic mass is 19.1. The molecule has 0 spiro atoms. The number of benzene rings is 2. The second-order valence-electron chi connectivity index (χ2n) is 4.28. The number of hydrogen-bond donors (Lipinski definition) is 0. The van der Waals surface area contributed by atoms with Gasteiger partial charge in [-0.2, -0.15) is 0 Å². The van der Waals surface area contributed by atoms with Gasteiger partial charge in [-0.1, -0.05) is 38.7 Å². The van der Waals surface area contributed by atoms with Gasteiger partial charge in [0, 0.05) is 0 Å². The van der Waals surface area contributed by atoms with Gasteiger partial charge in [0.05, 0.1) is 0 Å². The van der Waals surface area contributed by atoms with E-state index in [-0.39, 0.29) is 13.2 Å². The van der Waals surface area contributed by atoms with Crippen LogP contribution in [0.1, 0.15) is 7.43 Å². The van der Waals surface area contributed by atoms with E-state index in [0.717, 1.165) is 5.75 Å². The lowest BCUT2D eigenvalue weighted by atomic mass is 9.49. The molecule has 94 valence electrons. The third kappa shape index (κ3) is 3.62. The molecule has 0 saturated heterocycles. The number of halogens is 1. The van der Waals surface area contributed by atoms with E-state index in [1.807, 2.05) is 24.3 Å². The molecule has 0 unspecified atom stereocenters. The van der Waals surface area contributed by atoms with Crippen molar-refractivity contribution in [1.82, 2.24) is 0 Å². The average molecular weight is 244 g/mol. The van der Waals surface area contributed by atoms with Crippen LogP contribution in [-0.4, -0.2) is 6.71 Å². The van der Waals surface area contributed by atoms with Gasteiger partial charge in [0.25, 0.3) is 0 Å². The van der Waals surface area contributed by atoms with Gasteiger partial charge >= 0.3 is 0 Å². The van der Waals surface area contributed by atoms with Crippen LogP contribution in [0.3, 0.4) is 0 Å². The Balaban J connectivity index is 0.00000162. The van der Waals surface area contributed by atoms with Crippen molar-refractivity contribution in [1.29, 1.82) is 0 Å². The van der Waals surface area contributed by atoms with Gasteiger partial charge in [0.15, 0.2) is 6.71 Å². The summed E-state index contributed by atoms with van der Waals surface area (Å²) in [5.41, 5.74) is 1.27. The Bertz CT molecular complexity index is 477. The van der Waals surface area contributed by atoms with Crippen LogP contribution < -0.4 is 10.2 Å². The van der Waals surface area contributed by atoms with Crippen LogP contribution in [-0.2, 0) is 0 Å². The molecule has 18 heavy (non-hydrogen) atoms. The number of ether oxygens (including phenoxy) is 1.